The third-order valence-electron chi connectivity index (χ3n) is 8.64. The Morgan fingerprint density at radius 2 is 1.80 bits per heavy atom. The Hall–Kier alpha value is -3.16. The number of rotatable bonds is 6. The summed E-state index contributed by atoms with van der Waals surface area (Å²) in [7, 11) is 1.41. The number of piperidine rings is 1. The molecule has 3 heterocycles. The quantitative estimate of drug-likeness (QED) is 0.314. The van der Waals surface area contributed by atoms with Gasteiger partial charge in [0, 0.05) is 36.3 Å². The summed E-state index contributed by atoms with van der Waals surface area (Å²) in [4.78, 5) is 27.9. The molecule has 2 saturated heterocycles. The highest BCUT2D eigenvalue weighted by Crippen LogP contribution is 2.52. The van der Waals surface area contributed by atoms with Crippen LogP contribution < -0.4 is 0 Å². The molecule has 0 saturated carbocycles. The van der Waals surface area contributed by atoms with Gasteiger partial charge >= 0.3 is 12.1 Å². The number of methoxy groups -OCH3 is 1. The highest BCUT2D eigenvalue weighted by Gasteiger charge is 2.53. The summed E-state index contributed by atoms with van der Waals surface area (Å²) in [5.74, 6) is -0.326. The van der Waals surface area contributed by atoms with Crippen LogP contribution in [0.25, 0.3) is 10.9 Å². The van der Waals surface area contributed by atoms with E-state index < -0.39 is 5.60 Å². The van der Waals surface area contributed by atoms with Gasteiger partial charge in [-0.3, -0.25) is 9.47 Å². The summed E-state index contributed by atoms with van der Waals surface area (Å²) in [6.07, 6.45) is 5.71. The second-order valence-corrected chi connectivity index (χ2v) is 12.4. The van der Waals surface area contributed by atoms with Crippen molar-refractivity contribution in [1.82, 2.24) is 9.47 Å². The van der Waals surface area contributed by atoms with Gasteiger partial charge in [-0.1, -0.05) is 18.2 Å². The molecule has 2 aliphatic rings. The molecular formula is C33H42N2O5. The van der Waals surface area contributed by atoms with Crippen molar-refractivity contribution < 1.29 is 23.8 Å². The number of hydrogen-bond donors (Lipinski definition) is 0. The molecule has 3 atom stereocenters. The van der Waals surface area contributed by atoms with Gasteiger partial charge in [0.1, 0.15) is 5.60 Å². The Morgan fingerprint density at radius 3 is 2.45 bits per heavy atom. The van der Waals surface area contributed by atoms with Crippen LogP contribution in [0.1, 0.15) is 86.0 Å². The molecule has 214 valence electrons. The monoisotopic (exact) mass is 546 g/mol. The maximum Gasteiger partial charge on any atom is 0.418 e. The number of esters is 1. The SMILES string of the molecule is CCOC1CC2CCC(c3ccc(C(=O)OC)cc3)(C1)N2Cc1c(C)cc(C)c2c1ccn2C(=O)OC(C)(C)C. The fraction of sp³-hybridized carbons (Fsp3) is 0.515. The second-order valence-electron chi connectivity index (χ2n) is 12.4. The van der Waals surface area contributed by atoms with Gasteiger partial charge in [-0.15, -0.1) is 0 Å². The summed E-state index contributed by atoms with van der Waals surface area (Å²) in [6.45, 7) is 13.4. The van der Waals surface area contributed by atoms with Crippen molar-refractivity contribution in [3.8, 4) is 0 Å². The van der Waals surface area contributed by atoms with Gasteiger partial charge in [-0.2, -0.15) is 0 Å². The number of carbonyl (C=O) groups is 2. The molecule has 2 aliphatic heterocycles. The fourth-order valence-corrected chi connectivity index (χ4v) is 7.00. The van der Waals surface area contributed by atoms with Crippen molar-refractivity contribution in [3.63, 3.8) is 0 Å². The molecule has 2 aromatic carbocycles. The molecule has 2 bridgehead atoms. The van der Waals surface area contributed by atoms with Crippen molar-refractivity contribution in [2.75, 3.05) is 13.7 Å². The fourth-order valence-electron chi connectivity index (χ4n) is 7.00. The summed E-state index contributed by atoms with van der Waals surface area (Å²) in [5.41, 5.74) is 5.40. The summed E-state index contributed by atoms with van der Waals surface area (Å²) >= 11 is 0. The van der Waals surface area contributed by atoms with E-state index in [1.165, 1.54) is 23.8 Å². The third kappa shape index (κ3) is 5.06. The van der Waals surface area contributed by atoms with Gasteiger partial charge < -0.3 is 14.2 Å². The summed E-state index contributed by atoms with van der Waals surface area (Å²) in [5, 5.41) is 1.09. The Morgan fingerprint density at radius 1 is 1.07 bits per heavy atom. The Kier molecular flexibility index (Phi) is 7.57. The highest BCUT2D eigenvalue weighted by molar-refractivity contribution is 5.94. The number of fused-ring (bicyclic) bond motifs is 3. The molecule has 5 rings (SSSR count). The molecule has 3 aromatic rings. The van der Waals surface area contributed by atoms with Gasteiger partial charge in [-0.05, 0) is 108 Å². The van der Waals surface area contributed by atoms with E-state index in [0.717, 1.165) is 48.7 Å². The lowest BCUT2D eigenvalue weighted by atomic mass is 9.79. The average molecular weight is 547 g/mol. The molecular weight excluding hydrogens is 504 g/mol. The van der Waals surface area contributed by atoms with Crippen LogP contribution in [0.4, 0.5) is 4.79 Å². The molecule has 0 spiro atoms. The minimum absolute atomic E-state index is 0.196. The predicted octanol–water partition coefficient (Wildman–Crippen LogP) is 6.89. The number of aromatic nitrogens is 1. The van der Waals surface area contributed by atoms with Crippen molar-refractivity contribution >= 4 is 23.0 Å². The first-order chi connectivity index (χ1) is 19.0. The molecule has 0 aliphatic carbocycles. The van der Waals surface area contributed by atoms with Crippen LogP contribution in [0, 0.1) is 13.8 Å². The van der Waals surface area contributed by atoms with Crippen molar-refractivity contribution in [3.05, 3.63) is 70.4 Å². The van der Waals surface area contributed by atoms with E-state index in [0.29, 0.717) is 18.2 Å². The number of hydrogen-bond acceptors (Lipinski definition) is 6. The van der Waals surface area contributed by atoms with Crippen LogP contribution >= 0.6 is 0 Å². The van der Waals surface area contributed by atoms with Gasteiger partial charge in [0.15, 0.2) is 0 Å². The lowest BCUT2D eigenvalue weighted by Crippen LogP contribution is -2.52. The van der Waals surface area contributed by atoms with Crippen LogP contribution in [-0.2, 0) is 26.3 Å². The number of aryl methyl sites for hydroxylation is 2. The molecule has 40 heavy (non-hydrogen) atoms. The van der Waals surface area contributed by atoms with E-state index in [1.807, 2.05) is 39.1 Å². The molecule has 3 unspecified atom stereocenters. The molecule has 1 aromatic heterocycles. The summed E-state index contributed by atoms with van der Waals surface area (Å²) < 4.78 is 18.5. The lowest BCUT2D eigenvalue weighted by Gasteiger charge is -2.48. The molecule has 0 amide bonds. The highest BCUT2D eigenvalue weighted by atomic mass is 16.6. The van der Waals surface area contributed by atoms with Gasteiger partial charge in [0.25, 0.3) is 0 Å². The average Bonchev–Trinajstić information content (AvgIpc) is 3.43. The molecule has 2 fully saturated rings. The number of ether oxygens (including phenoxy) is 3. The normalized spacial score (nSPS) is 23.0. The Bertz CT molecular complexity index is 1420. The zero-order valence-corrected chi connectivity index (χ0v) is 24.9. The van der Waals surface area contributed by atoms with E-state index in [4.69, 9.17) is 14.2 Å². The summed E-state index contributed by atoms with van der Waals surface area (Å²) in [6, 6.07) is 12.6. The Labute approximate surface area is 237 Å². The van der Waals surface area contributed by atoms with Gasteiger partial charge in [0.05, 0.1) is 24.3 Å². The molecule has 0 N–H and O–H groups in total. The van der Waals surface area contributed by atoms with Crippen molar-refractivity contribution in [2.45, 2.75) is 97.1 Å². The predicted molar refractivity (Wildman–Crippen MR) is 156 cm³/mol. The first-order valence-electron chi connectivity index (χ1n) is 14.4. The minimum Gasteiger partial charge on any atom is -0.465 e. The number of carbonyl (C=O) groups excluding carboxylic acids is 2. The standard InChI is InChI=1S/C33H42N2O5/c1-8-39-26-18-25-13-15-33(19-26,24-11-9-23(10-12-24)30(36)38-7)35(25)20-28-21(2)17-22(3)29-27(28)14-16-34(29)31(37)40-32(4,5)6/h9-12,14,16-17,25-26H,8,13,15,18-20H2,1-7H3. The molecule has 7 heteroatoms. The lowest BCUT2D eigenvalue weighted by molar-refractivity contribution is -0.0592. The Balaban J connectivity index is 1.56. The van der Waals surface area contributed by atoms with Crippen LogP contribution in [0.15, 0.2) is 42.6 Å². The van der Waals surface area contributed by atoms with Crippen LogP contribution in [0.3, 0.4) is 0 Å². The van der Waals surface area contributed by atoms with E-state index in [-0.39, 0.29) is 23.7 Å². The second kappa shape index (κ2) is 10.7. The first-order valence-corrected chi connectivity index (χ1v) is 14.4. The van der Waals surface area contributed by atoms with Crippen LogP contribution in [-0.4, -0.2) is 53.0 Å². The van der Waals surface area contributed by atoms with Crippen molar-refractivity contribution in [2.24, 2.45) is 0 Å². The minimum atomic E-state index is -0.574. The maximum absolute atomic E-state index is 13.1. The zero-order valence-electron chi connectivity index (χ0n) is 24.9. The van der Waals surface area contributed by atoms with E-state index >= 15 is 0 Å². The van der Waals surface area contributed by atoms with Crippen LogP contribution in [0.5, 0.6) is 0 Å². The molecule has 7 nitrogen and oxygen atoms in total. The van der Waals surface area contributed by atoms with Gasteiger partial charge in [-0.25, -0.2) is 9.59 Å². The number of benzene rings is 2. The topological polar surface area (TPSA) is 70.0 Å². The molecule has 0 radical (unpaired) electrons. The van der Waals surface area contributed by atoms with Crippen molar-refractivity contribution in [1.29, 1.82) is 0 Å². The first kappa shape index (κ1) is 28.4. The number of nitrogens with zero attached hydrogens (tertiary/aromatic N) is 2. The maximum atomic E-state index is 13.1. The zero-order chi connectivity index (χ0) is 28.8. The van der Waals surface area contributed by atoms with Crippen LogP contribution in [0.2, 0.25) is 0 Å². The third-order valence-corrected chi connectivity index (χ3v) is 8.64. The van der Waals surface area contributed by atoms with E-state index in [1.54, 1.807) is 4.57 Å². The van der Waals surface area contributed by atoms with E-state index in [2.05, 4.69) is 49.9 Å². The largest absolute Gasteiger partial charge is 0.465 e. The smallest absolute Gasteiger partial charge is 0.418 e. The van der Waals surface area contributed by atoms with Gasteiger partial charge in [0.2, 0.25) is 0 Å². The van der Waals surface area contributed by atoms with E-state index in [9.17, 15) is 9.59 Å².